The van der Waals surface area contributed by atoms with Crippen LogP contribution in [-0.2, 0) is 4.79 Å². The number of amides is 1. The number of nitrogens with zero attached hydrogens (tertiary/aromatic N) is 1. The SMILES string of the molecule is CN(C)CCCNC(=O)C=Cc1ccc(OC(F)F)cc1OC(F)F. The molecule has 0 aliphatic carbocycles. The summed E-state index contributed by atoms with van der Waals surface area (Å²) in [4.78, 5) is 13.7. The topological polar surface area (TPSA) is 50.8 Å². The van der Waals surface area contributed by atoms with Gasteiger partial charge >= 0.3 is 13.2 Å². The van der Waals surface area contributed by atoms with Crippen molar-refractivity contribution in [2.45, 2.75) is 19.6 Å². The molecule has 1 N–H and O–H groups in total. The molecule has 0 radical (unpaired) electrons. The lowest BCUT2D eigenvalue weighted by Crippen LogP contribution is -2.25. The van der Waals surface area contributed by atoms with Crippen LogP contribution in [0.25, 0.3) is 6.08 Å². The van der Waals surface area contributed by atoms with Crippen LogP contribution in [0.15, 0.2) is 24.3 Å². The van der Waals surface area contributed by atoms with Gasteiger partial charge in [-0.05, 0) is 45.3 Å². The number of halogens is 4. The highest BCUT2D eigenvalue weighted by Crippen LogP contribution is 2.28. The van der Waals surface area contributed by atoms with E-state index in [1.165, 1.54) is 18.2 Å². The first-order valence-corrected chi connectivity index (χ1v) is 7.42. The molecule has 1 amide bonds. The van der Waals surface area contributed by atoms with Crippen molar-refractivity contribution in [3.05, 3.63) is 29.8 Å². The molecule has 140 valence electrons. The third kappa shape index (κ3) is 8.94. The molecule has 0 atom stereocenters. The largest absolute Gasteiger partial charge is 0.435 e. The van der Waals surface area contributed by atoms with Gasteiger partial charge in [-0.1, -0.05) is 0 Å². The van der Waals surface area contributed by atoms with Gasteiger partial charge in [0.15, 0.2) is 0 Å². The Morgan fingerprint density at radius 2 is 1.88 bits per heavy atom. The summed E-state index contributed by atoms with van der Waals surface area (Å²) in [5.41, 5.74) is 0.130. The number of rotatable bonds is 10. The van der Waals surface area contributed by atoms with Gasteiger partial charge in [0.1, 0.15) is 11.5 Å². The van der Waals surface area contributed by atoms with Crippen molar-refractivity contribution < 1.29 is 31.8 Å². The van der Waals surface area contributed by atoms with Crippen LogP contribution >= 0.6 is 0 Å². The number of ether oxygens (including phenoxy) is 2. The number of benzene rings is 1. The van der Waals surface area contributed by atoms with Gasteiger partial charge in [-0.25, -0.2) is 0 Å². The van der Waals surface area contributed by atoms with Crippen LogP contribution in [0.4, 0.5) is 17.6 Å². The van der Waals surface area contributed by atoms with Crippen molar-refractivity contribution >= 4 is 12.0 Å². The predicted octanol–water partition coefficient (Wildman–Crippen LogP) is 2.97. The third-order valence-electron chi connectivity index (χ3n) is 2.92. The fraction of sp³-hybridized carbons (Fsp3) is 0.438. The van der Waals surface area contributed by atoms with E-state index < -0.39 is 19.1 Å². The quantitative estimate of drug-likeness (QED) is 0.394. The van der Waals surface area contributed by atoms with Gasteiger partial charge in [0.2, 0.25) is 5.91 Å². The van der Waals surface area contributed by atoms with Gasteiger partial charge in [0.25, 0.3) is 0 Å². The summed E-state index contributed by atoms with van der Waals surface area (Å²) in [7, 11) is 3.82. The van der Waals surface area contributed by atoms with Crippen LogP contribution in [0.3, 0.4) is 0 Å². The molecule has 5 nitrogen and oxygen atoms in total. The standard InChI is InChI=1S/C16H20F4N2O3/c1-22(2)9-3-8-21-14(23)7-5-11-4-6-12(24-15(17)18)10-13(11)25-16(19)20/h4-7,10,15-16H,3,8-9H2,1-2H3,(H,21,23). The van der Waals surface area contributed by atoms with Crippen molar-refractivity contribution in [2.24, 2.45) is 0 Å². The summed E-state index contributed by atoms with van der Waals surface area (Å²) in [6.07, 6.45) is 3.16. The molecule has 0 spiro atoms. The molecule has 0 saturated carbocycles. The van der Waals surface area contributed by atoms with Crippen molar-refractivity contribution in [1.82, 2.24) is 10.2 Å². The molecule has 25 heavy (non-hydrogen) atoms. The van der Waals surface area contributed by atoms with Crippen molar-refractivity contribution in [2.75, 3.05) is 27.2 Å². The van der Waals surface area contributed by atoms with Crippen molar-refractivity contribution in [3.8, 4) is 11.5 Å². The Morgan fingerprint density at radius 3 is 2.48 bits per heavy atom. The number of nitrogens with one attached hydrogen (secondary N) is 1. The number of hydrogen-bond donors (Lipinski definition) is 1. The molecule has 0 saturated heterocycles. The summed E-state index contributed by atoms with van der Waals surface area (Å²) in [6.45, 7) is -4.97. The first-order valence-electron chi connectivity index (χ1n) is 7.42. The fourth-order valence-corrected chi connectivity index (χ4v) is 1.86. The minimum atomic E-state index is -3.14. The maximum atomic E-state index is 12.4. The van der Waals surface area contributed by atoms with Gasteiger partial charge in [-0.15, -0.1) is 0 Å². The second-order valence-corrected chi connectivity index (χ2v) is 5.24. The zero-order chi connectivity index (χ0) is 18.8. The lowest BCUT2D eigenvalue weighted by Gasteiger charge is -2.11. The Labute approximate surface area is 143 Å². The van der Waals surface area contributed by atoms with E-state index >= 15 is 0 Å². The van der Waals surface area contributed by atoms with Gasteiger partial charge in [-0.2, -0.15) is 17.6 Å². The molecule has 0 aromatic heterocycles. The lowest BCUT2D eigenvalue weighted by molar-refractivity contribution is -0.116. The van der Waals surface area contributed by atoms with Gasteiger partial charge in [0.05, 0.1) is 0 Å². The normalized spacial score (nSPS) is 11.6. The third-order valence-corrected chi connectivity index (χ3v) is 2.92. The molecule has 1 aromatic carbocycles. The smallest absolute Gasteiger partial charge is 0.387 e. The first-order chi connectivity index (χ1) is 11.8. The Bertz CT molecular complexity index is 580. The van der Waals surface area contributed by atoms with E-state index in [9.17, 15) is 22.4 Å². The van der Waals surface area contributed by atoms with E-state index in [2.05, 4.69) is 14.8 Å². The minimum Gasteiger partial charge on any atom is -0.435 e. The highest BCUT2D eigenvalue weighted by atomic mass is 19.3. The summed E-state index contributed by atoms with van der Waals surface area (Å²) >= 11 is 0. The van der Waals surface area contributed by atoms with Gasteiger partial charge in [-0.3, -0.25) is 4.79 Å². The molecule has 1 rings (SSSR count). The highest BCUT2D eigenvalue weighted by Gasteiger charge is 2.12. The number of carbonyl (C=O) groups excluding carboxylic acids is 1. The van der Waals surface area contributed by atoms with E-state index in [-0.39, 0.29) is 17.1 Å². The van der Waals surface area contributed by atoms with Crippen LogP contribution in [0.5, 0.6) is 11.5 Å². The van der Waals surface area contributed by atoms with Crippen LogP contribution in [0, 0.1) is 0 Å². The van der Waals surface area contributed by atoms with Gasteiger partial charge in [0, 0.05) is 24.3 Å². The maximum absolute atomic E-state index is 12.4. The average molecular weight is 364 g/mol. The van der Waals surface area contributed by atoms with E-state index in [0.717, 1.165) is 25.1 Å². The maximum Gasteiger partial charge on any atom is 0.387 e. The second kappa shape index (κ2) is 10.5. The lowest BCUT2D eigenvalue weighted by atomic mass is 10.1. The molecule has 0 fully saturated rings. The summed E-state index contributed by atoms with van der Waals surface area (Å²) in [5, 5.41) is 2.64. The minimum absolute atomic E-state index is 0.130. The summed E-state index contributed by atoms with van der Waals surface area (Å²) in [5.74, 6) is -1.10. The van der Waals surface area contributed by atoms with E-state index in [4.69, 9.17) is 0 Å². The van der Waals surface area contributed by atoms with E-state index in [1.54, 1.807) is 0 Å². The summed E-state index contributed by atoms with van der Waals surface area (Å²) < 4.78 is 57.7. The molecular weight excluding hydrogens is 344 g/mol. The Hall–Kier alpha value is -2.29. The van der Waals surface area contributed by atoms with E-state index in [0.29, 0.717) is 6.54 Å². The van der Waals surface area contributed by atoms with Crippen molar-refractivity contribution in [1.29, 1.82) is 0 Å². The highest BCUT2D eigenvalue weighted by molar-refractivity contribution is 5.92. The molecule has 0 unspecified atom stereocenters. The Balaban J connectivity index is 2.73. The first kappa shape index (κ1) is 20.8. The van der Waals surface area contributed by atoms with Crippen molar-refractivity contribution in [3.63, 3.8) is 0 Å². The van der Waals surface area contributed by atoms with Crippen LogP contribution in [-0.4, -0.2) is 51.2 Å². The fourth-order valence-electron chi connectivity index (χ4n) is 1.86. The number of carbonyl (C=O) groups is 1. The molecule has 0 heterocycles. The molecule has 0 aliphatic rings. The summed E-state index contributed by atoms with van der Waals surface area (Å²) in [6, 6.07) is 3.32. The second-order valence-electron chi connectivity index (χ2n) is 5.24. The van der Waals surface area contributed by atoms with Crippen LogP contribution < -0.4 is 14.8 Å². The van der Waals surface area contributed by atoms with E-state index in [1.807, 2.05) is 19.0 Å². The predicted molar refractivity (Wildman–Crippen MR) is 84.9 cm³/mol. The molecule has 0 aliphatic heterocycles. The average Bonchev–Trinajstić information content (AvgIpc) is 2.49. The molecule has 0 bridgehead atoms. The Kier molecular flexibility index (Phi) is 8.76. The zero-order valence-corrected chi connectivity index (χ0v) is 13.8. The monoisotopic (exact) mass is 364 g/mol. The number of hydrogen-bond acceptors (Lipinski definition) is 4. The molecule has 9 heteroatoms. The van der Waals surface area contributed by atoms with Crippen LogP contribution in [0.1, 0.15) is 12.0 Å². The zero-order valence-electron chi connectivity index (χ0n) is 13.8. The van der Waals surface area contributed by atoms with Gasteiger partial charge < -0.3 is 19.7 Å². The number of alkyl halides is 4. The molecule has 1 aromatic rings. The van der Waals surface area contributed by atoms with Crippen LogP contribution in [0.2, 0.25) is 0 Å². The molecular formula is C16H20F4N2O3. The Morgan fingerprint density at radius 1 is 1.20 bits per heavy atom.